The number of hydrogen-bond acceptors (Lipinski definition) is 4. The number of amides is 2. The van der Waals surface area contributed by atoms with Crippen molar-refractivity contribution in [1.82, 2.24) is 20.4 Å². The third-order valence-corrected chi connectivity index (χ3v) is 6.31. The Hall–Kier alpha value is -2.93. The zero-order valence-electron chi connectivity index (χ0n) is 17.2. The summed E-state index contributed by atoms with van der Waals surface area (Å²) < 4.78 is 0. The van der Waals surface area contributed by atoms with E-state index in [0.717, 1.165) is 5.56 Å². The van der Waals surface area contributed by atoms with Gasteiger partial charge in [0.25, 0.3) is 5.91 Å². The molecule has 0 aliphatic carbocycles. The van der Waals surface area contributed by atoms with E-state index in [1.54, 1.807) is 28.5 Å². The van der Waals surface area contributed by atoms with Crippen LogP contribution in [0.25, 0.3) is 11.1 Å². The van der Waals surface area contributed by atoms with Crippen molar-refractivity contribution in [2.24, 2.45) is 5.41 Å². The molecule has 156 valence electrons. The fraction of sp³-hybridized carbons (Fsp3) is 0.348. The molecule has 0 radical (unpaired) electrons. The number of thiophene rings is 1. The number of likely N-dealkylation sites (tertiary alicyclic amines) is 1. The molecule has 1 fully saturated rings. The maximum absolute atomic E-state index is 13.2. The van der Waals surface area contributed by atoms with E-state index in [9.17, 15) is 9.59 Å². The van der Waals surface area contributed by atoms with Crippen molar-refractivity contribution >= 4 is 23.2 Å². The molecule has 0 spiro atoms. The highest BCUT2D eigenvalue weighted by Crippen LogP contribution is 2.36. The fourth-order valence-electron chi connectivity index (χ4n) is 4.05. The molecule has 0 saturated carbocycles. The van der Waals surface area contributed by atoms with Crippen molar-refractivity contribution in [2.45, 2.75) is 32.7 Å². The first-order valence-electron chi connectivity index (χ1n) is 10.2. The smallest absolute Gasteiger partial charge is 0.271 e. The number of nitrogens with one attached hydrogen (secondary N) is 2. The summed E-state index contributed by atoms with van der Waals surface area (Å²) >= 11 is 1.68. The van der Waals surface area contributed by atoms with Gasteiger partial charge in [-0.1, -0.05) is 24.3 Å². The number of hydrogen-bond donors (Lipinski definition) is 2. The van der Waals surface area contributed by atoms with Gasteiger partial charge < -0.3 is 10.2 Å². The molecule has 1 aliphatic rings. The highest BCUT2D eigenvalue weighted by Gasteiger charge is 2.46. The molecule has 2 N–H and O–H groups in total. The predicted molar refractivity (Wildman–Crippen MR) is 118 cm³/mol. The fourth-order valence-corrected chi connectivity index (χ4v) is 4.72. The monoisotopic (exact) mass is 422 g/mol. The van der Waals surface area contributed by atoms with Crippen LogP contribution in [0.2, 0.25) is 0 Å². The molecular formula is C23H26N4O2S. The number of aromatic amines is 1. The Labute approximate surface area is 180 Å². The van der Waals surface area contributed by atoms with E-state index in [0.29, 0.717) is 31.6 Å². The van der Waals surface area contributed by atoms with Crippen LogP contribution in [0.4, 0.5) is 0 Å². The quantitative estimate of drug-likeness (QED) is 0.635. The second kappa shape index (κ2) is 8.44. The minimum absolute atomic E-state index is 0.0133. The van der Waals surface area contributed by atoms with Crippen LogP contribution in [0, 0.1) is 5.41 Å². The predicted octanol–water partition coefficient (Wildman–Crippen LogP) is 3.74. The second-order valence-corrected chi connectivity index (χ2v) is 9.02. The molecule has 1 aliphatic heterocycles. The van der Waals surface area contributed by atoms with Crippen molar-refractivity contribution < 1.29 is 9.59 Å². The van der Waals surface area contributed by atoms with Gasteiger partial charge in [0.15, 0.2) is 0 Å². The number of aromatic nitrogens is 2. The summed E-state index contributed by atoms with van der Waals surface area (Å²) in [6, 6.07) is 12.2. The lowest BCUT2D eigenvalue weighted by atomic mass is 9.79. The van der Waals surface area contributed by atoms with Crippen molar-refractivity contribution in [3.8, 4) is 11.1 Å². The lowest BCUT2D eigenvalue weighted by Gasteiger charge is -2.29. The minimum atomic E-state index is -0.635. The van der Waals surface area contributed by atoms with Crippen molar-refractivity contribution in [1.29, 1.82) is 0 Å². The number of benzene rings is 1. The van der Waals surface area contributed by atoms with Crippen LogP contribution in [0.3, 0.4) is 0 Å². The minimum Gasteiger partial charge on any atom is -0.353 e. The molecule has 30 heavy (non-hydrogen) atoms. The number of H-pyrrole nitrogens is 1. The van der Waals surface area contributed by atoms with Crippen LogP contribution in [0.15, 0.2) is 53.4 Å². The zero-order valence-corrected chi connectivity index (χ0v) is 18.0. The van der Waals surface area contributed by atoms with Gasteiger partial charge in [-0.25, -0.2) is 0 Å². The molecule has 2 amide bonds. The summed E-state index contributed by atoms with van der Waals surface area (Å²) in [4.78, 5) is 27.8. The van der Waals surface area contributed by atoms with Gasteiger partial charge in [-0.15, -0.1) is 0 Å². The first-order valence-corrected chi connectivity index (χ1v) is 11.1. The average Bonchev–Trinajstić information content (AvgIpc) is 3.49. The first kappa shape index (κ1) is 20.3. The molecule has 0 bridgehead atoms. The van der Waals surface area contributed by atoms with Gasteiger partial charge in [0.1, 0.15) is 5.69 Å². The normalized spacial score (nSPS) is 18.7. The summed E-state index contributed by atoms with van der Waals surface area (Å²) in [5.74, 6) is -0.0983. The summed E-state index contributed by atoms with van der Waals surface area (Å²) in [7, 11) is 0. The Morgan fingerprint density at radius 2 is 2.00 bits per heavy atom. The molecular weight excluding hydrogens is 396 g/mol. The third-order valence-electron chi connectivity index (χ3n) is 5.62. The van der Waals surface area contributed by atoms with E-state index in [2.05, 4.69) is 56.6 Å². The van der Waals surface area contributed by atoms with Crippen molar-refractivity contribution in [3.05, 3.63) is 64.6 Å². The molecule has 7 heteroatoms. The maximum Gasteiger partial charge on any atom is 0.271 e. The lowest BCUT2D eigenvalue weighted by molar-refractivity contribution is -0.130. The number of carbonyl (C=O) groups is 2. The topological polar surface area (TPSA) is 78.1 Å². The van der Waals surface area contributed by atoms with E-state index < -0.39 is 5.41 Å². The lowest BCUT2D eigenvalue weighted by Crippen LogP contribution is -2.47. The van der Waals surface area contributed by atoms with Crippen LogP contribution < -0.4 is 5.32 Å². The summed E-state index contributed by atoms with van der Waals surface area (Å²) in [6.07, 6.45) is 2.80. The molecule has 1 saturated heterocycles. The standard InChI is InChI=1S/C23H26N4O2S/c1-16(2)25-22(29)23(9-11-27(15-23)21(28)20-7-10-24-26-20)13-17-3-5-18(6-4-17)19-8-12-30-14-19/h3-8,10,12,14,16H,9,11,13,15H2,1-2H3,(H,24,26)(H,25,29)/t23-/m1/s1. The first-order chi connectivity index (χ1) is 14.5. The molecule has 1 aromatic carbocycles. The van der Waals surface area contributed by atoms with Crippen molar-refractivity contribution in [3.63, 3.8) is 0 Å². The summed E-state index contributed by atoms with van der Waals surface area (Å²) in [5, 5.41) is 13.9. The van der Waals surface area contributed by atoms with Gasteiger partial charge in [0.2, 0.25) is 5.91 Å². The molecule has 3 aromatic rings. The third kappa shape index (κ3) is 4.16. The Balaban J connectivity index is 1.56. The van der Waals surface area contributed by atoms with E-state index in [-0.39, 0.29) is 17.9 Å². The Kier molecular flexibility index (Phi) is 5.72. The molecule has 3 heterocycles. The van der Waals surface area contributed by atoms with Gasteiger partial charge in [-0.05, 0) is 66.3 Å². The number of nitrogens with zero attached hydrogens (tertiary/aromatic N) is 2. The highest BCUT2D eigenvalue weighted by molar-refractivity contribution is 7.08. The van der Waals surface area contributed by atoms with Crippen LogP contribution in [-0.4, -0.2) is 46.0 Å². The summed E-state index contributed by atoms with van der Waals surface area (Å²) in [6.45, 7) is 4.87. The highest BCUT2D eigenvalue weighted by atomic mass is 32.1. The average molecular weight is 423 g/mol. The number of carbonyl (C=O) groups excluding carboxylic acids is 2. The Morgan fingerprint density at radius 1 is 1.20 bits per heavy atom. The largest absolute Gasteiger partial charge is 0.353 e. The van der Waals surface area contributed by atoms with Gasteiger partial charge in [-0.3, -0.25) is 14.7 Å². The molecule has 2 aromatic heterocycles. The van der Waals surface area contributed by atoms with E-state index in [1.807, 2.05) is 13.8 Å². The SMILES string of the molecule is CC(C)NC(=O)[C@@]1(Cc2ccc(-c3ccsc3)cc2)CCN(C(=O)c2ccn[nH]2)C1. The van der Waals surface area contributed by atoms with Crippen molar-refractivity contribution in [2.75, 3.05) is 13.1 Å². The maximum atomic E-state index is 13.2. The van der Waals surface area contributed by atoms with Gasteiger partial charge in [0.05, 0.1) is 5.41 Å². The molecule has 6 nitrogen and oxygen atoms in total. The van der Waals surface area contributed by atoms with Crippen LogP contribution in [0.5, 0.6) is 0 Å². The van der Waals surface area contributed by atoms with E-state index >= 15 is 0 Å². The van der Waals surface area contributed by atoms with E-state index in [1.165, 1.54) is 11.1 Å². The van der Waals surface area contributed by atoms with Gasteiger partial charge in [-0.2, -0.15) is 16.4 Å². The zero-order chi connectivity index (χ0) is 21.1. The number of rotatable bonds is 6. The van der Waals surface area contributed by atoms with Crippen LogP contribution in [0.1, 0.15) is 36.3 Å². The summed E-state index contributed by atoms with van der Waals surface area (Å²) in [5.41, 5.74) is 3.29. The van der Waals surface area contributed by atoms with Crippen LogP contribution >= 0.6 is 11.3 Å². The second-order valence-electron chi connectivity index (χ2n) is 8.24. The molecule has 0 unspecified atom stereocenters. The van der Waals surface area contributed by atoms with Crippen LogP contribution in [-0.2, 0) is 11.2 Å². The molecule has 1 atom stereocenters. The Morgan fingerprint density at radius 3 is 2.63 bits per heavy atom. The molecule has 4 rings (SSSR count). The van der Waals surface area contributed by atoms with Gasteiger partial charge in [0, 0.05) is 25.3 Å². The Bertz CT molecular complexity index is 997. The van der Waals surface area contributed by atoms with E-state index in [4.69, 9.17) is 0 Å². The van der Waals surface area contributed by atoms with Gasteiger partial charge >= 0.3 is 0 Å².